The van der Waals surface area contributed by atoms with Crippen molar-refractivity contribution >= 4 is 18.3 Å². The third-order valence-electron chi connectivity index (χ3n) is 3.65. The molecule has 0 saturated carbocycles. The normalized spacial score (nSPS) is 21.7. The van der Waals surface area contributed by atoms with E-state index in [0.29, 0.717) is 24.6 Å². The SMILES string of the molecule is CC1CC(CN)CN1C(=O)Cc1ccc(F)c(F)c1.Cl. The largest absolute Gasteiger partial charge is 0.339 e. The molecule has 0 spiro atoms. The highest BCUT2D eigenvalue weighted by Gasteiger charge is 2.31. The van der Waals surface area contributed by atoms with Crippen molar-refractivity contribution in [3.05, 3.63) is 35.4 Å². The Bertz CT molecular complexity index is 484. The number of rotatable bonds is 3. The summed E-state index contributed by atoms with van der Waals surface area (Å²) in [6.07, 6.45) is 0.999. The standard InChI is InChI=1S/C14H18F2N2O.ClH/c1-9-4-11(7-17)8-18(9)14(19)6-10-2-3-12(15)13(16)5-10;/h2-3,5,9,11H,4,6-8,17H2,1H3;1H. The Morgan fingerprint density at radius 3 is 2.65 bits per heavy atom. The lowest BCUT2D eigenvalue weighted by molar-refractivity contribution is -0.131. The highest BCUT2D eigenvalue weighted by Crippen LogP contribution is 2.23. The second kappa shape index (κ2) is 6.99. The lowest BCUT2D eigenvalue weighted by Crippen LogP contribution is -2.35. The monoisotopic (exact) mass is 304 g/mol. The Morgan fingerprint density at radius 2 is 2.10 bits per heavy atom. The topological polar surface area (TPSA) is 46.3 Å². The fourth-order valence-corrected chi connectivity index (χ4v) is 2.59. The Morgan fingerprint density at radius 1 is 1.40 bits per heavy atom. The van der Waals surface area contributed by atoms with Gasteiger partial charge < -0.3 is 10.6 Å². The first kappa shape index (κ1) is 16.9. The minimum Gasteiger partial charge on any atom is -0.339 e. The summed E-state index contributed by atoms with van der Waals surface area (Å²) >= 11 is 0. The molecule has 0 aliphatic carbocycles. The van der Waals surface area contributed by atoms with Crippen molar-refractivity contribution < 1.29 is 13.6 Å². The Labute approximate surface area is 123 Å². The van der Waals surface area contributed by atoms with Crippen molar-refractivity contribution in [2.45, 2.75) is 25.8 Å². The molecule has 1 saturated heterocycles. The number of likely N-dealkylation sites (tertiary alicyclic amines) is 1. The molecule has 20 heavy (non-hydrogen) atoms. The van der Waals surface area contributed by atoms with E-state index in [0.717, 1.165) is 18.6 Å². The number of nitrogens with two attached hydrogens (primary N) is 1. The molecule has 2 atom stereocenters. The van der Waals surface area contributed by atoms with Crippen LogP contribution in [0.15, 0.2) is 18.2 Å². The Kier molecular flexibility index (Phi) is 5.89. The van der Waals surface area contributed by atoms with Crippen LogP contribution in [0.2, 0.25) is 0 Å². The van der Waals surface area contributed by atoms with Gasteiger partial charge in [0, 0.05) is 12.6 Å². The van der Waals surface area contributed by atoms with Gasteiger partial charge in [0.1, 0.15) is 0 Å². The smallest absolute Gasteiger partial charge is 0.227 e. The predicted octanol–water partition coefficient (Wildman–Crippen LogP) is 2.12. The highest BCUT2D eigenvalue weighted by atomic mass is 35.5. The molecular formula is C14H19ClF2N2O. The predicted molar refractivity (Wildman–Crippen MR) is 75.6 cm³/mol. The zero-order valence-electron chi connectivity index (χ0n) is 11.3. The average molecular weight is 305 g/mol. The molecule has 6 heteroatoms. The zero-order chi connectivity index (χ0) is 14.0. The summed E-state index contributed by atoms with van der Waals surface area (Å²) in [4.78, 5) is 13.9. The van der Waals surface area contributed by atoms with Crippen molar-refractivity contribution in [3.8, 4) is 0 Å². The van der Waals surface area contributed by atoms with E-state index in [9.17, 15) is 13.6 Å². The van der Waals surface area contributed by atoms with Crippen LogP contribution in [0.5, 0.6) is 0 Å². The van der Waals surface area contributed by atoms with E-state index in [1.165, 1.54) is 6.07 Å². The van der Waals surface area contributed by atoms with Crippen molar-refractivity contribution in [3.63, 3.8) is 0 Å². The summed E-state index contributed by atoms with van der Waals surface area (Å²) < 4.78 is 25.9. The second-order valence-electron chi connectivity index (χ2n) is 5.16. The summed E-state index contributed by atoms with van der Waals surface area (Å²) in [7, 11) is 0. The minimum atomic E-state index is -0.917. The molecule has 0 aromatic heterocycles. The molecule has 1 fully saturated rings. The average Bonchev–Trinajstić information content (AvgIpc) is 2.75. The molecule has 3 nitrogen and oxygen atoms in total. The lowest BCUT2D eigenvalue weighted by atomic mass is 10.1. The van der Waals surface area contributed by atoms with Crippen LogP contribution in [0.4, 0.5) is 8.78 Å². The van der Waals surface area contributed by atoms with Gasteiger partial charge in [-0.05, 0) is 43.5 Å². The van der Waals surface area contributed by atoms with E-state index in [1.807, 2.05) is 6.92 Å². The molecule has 1 amide bonds. The molecule has 1 aromatic carbocycles. The highest BCUT2D eigenvalue weighted by molar-refractivity contribution is 5.85. The summed E-state index contributed by atoms with van der Waals surface area (Å²) in [6, 6.07) is 3.73. The van der Waals surface area contributed by atoms with Gasteiger partial charge in [-0.25, -0.2) is 8.78 Å². The Hall–Kier alpha value is -1.20. The first-order valence-corrected chi connectivity index (χ1v) is 6.44. The number of benzene rings is 1. The lowest BCUT2D eigenvalue weighted by Gasteiger charge is -2.21. The van der Waals surface area contributed by atoms with Gasteiger partial charge in [-0.3, -0.25) is 4.79 Å². The van der Waals surface area contributed by atoms with Crippen LogP contribution in [-0.2, 0) is 11.2 Å². The quantitative estimate of drug-likeness (QED) is 0.930. The Balaban J connectivity index is 0.00000200. The van der Waals surface area contributed by atoms with Gasteiger partial charge in [-0.2, -0.15) is 0 Å². The van der Waals surface area contributed by atoms with E-state index in [-0.39, 0.29) is 30.8 Å². The molecule has 0 bridgehead atoms. The minimum absolute atomic E-state index is 0. The van der Waals surface area contributed by atoms with Crippen molar-refractivity contribution in [2.24, 2.45) is 11.7 Å². The van der Waals surface area contributed by atoms with Crippen LogP contribution in [0.25, 0.3) is 0 Å². The fourth-order valence-electron chi connectivity index (χ4n) is 2.59. The first-order valence-electron chi connectivity index (χ1n) is 6.44. The maximum Gasteiger partial charge on any atom is 0.227 e. The van der Waals surface area contributed by atoms with Crippen LogP contribution in [0.1, 0.15) is 18.9 Å². The summed E-state index contributed by atoms with van der Waals surface area (Å²) in [5.41, 5.74) is 6.11. The van der Waals surface area contributed by atoms with Crippen LogP contribution in [-0.4, -0.2) is 29.9 Å². The van der Waals surface area contributed by atoms with Crippen LogP contribution in [0.3, 0.4) is 0 Å². The molecular weight excluding hydrogens is 286 g/mol. The first-order chi connectivity index (χ1) is 9.01. The van der Waals surface area contributed by atoms with E-state index in [1.54, 1.807) is 4.90 Å². The third-order valence-corrected chi connectivity index (χ3v) is 3.65. The summed E-state index contributed by atoms with van der Waals surface area (Å²) in [5, 5.41) is 0. The number of hydrogen-bond donors (Lipinski definition) is 1. The number of nitrogens with zero attached hydrogens (tertiary/aromatic N) is 1. The molecule has 0 radical (unpaired) electrons. The summed E-state index contributed by atoms with van der Waals surface area (Å²) in [6.45, 7) is 3.21. The molecule has 112 valence electrons. The maximum atomic E-state index is 13.1. The molecule has 1 aliphatic heterocycles. The second-order valence-corrected chi connectivity index (χ2v) is 5.16. The van der Waals surface area contributed by atoms with Gasteiger partial charge >= 0.3 is 0 Å². The maximum absolute atomic E-state index is 13.1. The van der Waals surface area contributed by atoms with Gasteiger partial charge in [-0.15, -0.1) is 12.4 Å². The van der Waals surface area contributed by atoms with Crippen molar-refractivity contribution in [1.82, 2.24) is 4.90 Å². The van der Waals surface area contributed by atoms with Gasteiger partial charge in [0.2, 0.25) is 5.91 Å². The molecule has 2 N–H and O–H groups in total. The van der Waals surface area contributed by atoms with E-state index < -0.39 is 11.6 Å². The number of carbonyl (C=O) groups is 1. The van der Waals surface area contributed by atoms with Crippen molar-refractivity contribution in [1.29, 1.82) is 0 Å². The van der Waals surface area contributed by atoms with Crippen LogP contribution in [0, 0.1) is 17.6 Å². The van der Waals surface area contributed by atoms with E-state index in [2.05, 4.69) is 0 Å². The number of hydrogen-bond acceptors (Lipinski definition) is 2. The third kappa shape index (κ3) is 3.67. The van der Waals surface area contributed by atoms with Gasteiger partial charge in [0.25, 0.3) is 0 Å². The zero-order valence-corrected chi connectivity index (χ0v) is 12.1. The van der Waals surface area contributed by atoms with E-state index >= 15 is 0 Å². The molecule has 1 heterocycles. The fraction of sp³-hybridized carbons (Fsp3) is 0.500. The molecule has 2 unspecified atom stereocenters. The van der Waals surface area contributed by atoms with Gasteiger partial charge in [0.15, 0.2) is 11.6 Å². The van der Waals surface area contributed by atoms with Crippen LogP contribution < -0.4 is 5.73 Å². The summed E-state index contributed by atoms with van der Waals surface area (Å²) in [5.74, 6) is -1.54. The van der Waals surface area contributed by atoms with Gasteiger partial charge in [-0.1, -0.05) is 6.07 Å². The molecule has 2 rings (SSSR count). The molecule has 1 aliphatic rings. The van der Waals surface area contributed by atoms with E-state index in [4.69, 9.17) is 5.73 Å². The van der Waals surface area contributed by atoms with Crippen molar-refractivity contribution in [2.75, 3.05) is 13.1 Å². The van der Waals surface area contributed by atoms with Crippen LogP contribution >= 0.6 is 12.4 Å². The number of amides is 1. The number of halogens is 3. The van der Waals surface area contributed by atoms with Gasteiger partial charge in [0.05, 0.1) is 6.42 Å². The number of carbonyl (C=O) groups excluding carboxylic acids is 1. The molecule has 1 aromatic rings.